The zero-order chi connectivity index (χ0) is 15.5. The Morgan fingerprint density at radius 2 is 2.23 bits per heavy atom. The Bertz CT molecular complexity index is 704. The third-order valence-electron chi connectivity index (χ3n) is 3.83. The Balaban J connectivity index is 1.70. The Morgan fingerprint density at radius 3 is 2.86 bits per heavy atom. The maximum absolute atomic E-state index is 11.8. The topological polar surface area (TPSA) is 54.9 Å². The third-order valence-corrected chi connectivity index (χ3v) is 4.62. The van der Waals surface area contributed by atoms with Gasteiger partial charge < -0.3 is 5.32 Å². The minimum Gasteiger partial charge on any atom is -0.350 e. The van der Waals surface area contributed by atoms with Gasteiger partial charge in [-0.15, -0.1) is 0 Å². The lowest BCUT2D eigenvalue weighted by molar-refractivity contribution is -0.127. The molecule has 1 aromatic carbocycles. The first-order valence-corrected chi connectivity index (χ1v) is 8.35. The largest absolute Gasteiger partial charge is 0.350 e. The van der Waals surface area contributed by atoms with Crippen molar-refractivity contribution < 1.29 is 4.79 Å². The molecule has 1 aliphatic rings. The number of carbonyl (C=O) groups excluding carboxylic acids is 1. The molecule has 4 nitrogen and oxygen atoms in total. The fraction of sp³-hybridized carbons (Fsp3) is 0.312. The average Bonchev–Trinajstić information content (AvgIpc) is 2.44. The van der Waals surface area contributed by atoms with Crippen molar-refractivity contribution in [3.05, 3.63) is 45.8 Å². The van der Waals surface area contributed by atoms with Crippen molar-refractivity contribution in [2.75, 3.05) is 0 Å². The first-order valence-electron chi connectivity index (χ1n) is 7.18. The second-order valence-corrected chi connectivity index (χ2v) is 6.62. The van der Waals surface area contributed by atoms with Crippen molar-refractivity contribution in [3.8, 4) is 11.3 Å². The number of nitrogens with zero attached hydrogens (tertiary/aromatic N) is 2. The normalized spacial score (nSPS) is 14.5. The fourth-order valence-corrected chi connectivity index (χ4v) is 2.89. The van der Waals surface area contributed by atoms with Crippen molar-refractivity contribution in [3.63, 3.8) is 0 Å². The van der Waals surface area contributed by atoms with Gasteiger partial charge in [-0.2, -0.15) is 0 Å². The van der Waals surface area contributed by atoms with E-state index in [-0.39, 0.29) is 11.8 Å². The summed E-state index contributed by atoms with van der Waals surface area (Å²) in [4.78, 5) is 20.5. The summed E-state index contributed by atoms with van der Waals surface area (Å²) in [5, 5.41) is 3.20. The smallest absolute Gasteiger partial charge is 0.223 e. The molecular formula is C16H15BrClN3O. The van der Waals surface area contributed by atoms with Crippen molar-refractivity contribution in [2.24, 2.45) is 5.92 Å². The fourth-order valence-electron chi connectivity index (χ4n) is 2.28. The van der Waals surface area contributed by atoms with Crippen molar-refractivity contribution in [2.45, 2.75) is 25.8 Å². The number of hydrogen-bond acceptors (Lipinski definition) is 3. The van der Waals surface area contributed by atoms with E-state index in [1.807, 2.05) is 24.3 Å². The molecule has 1 amide bonds. The Hall–Kier alpha value is -1.46. The standard InChI is InChI=1S/C16H15BrClN3O/c17-12-6-2-5-11(7-12)13-8-19-14(15(18)21-13)9-20-16(22)10-3-1-4-10/h2,5-8,10H,1,3-4,9H2,(H,20,22). The quantitative estimate of drug-likeness (QED) is 0.873. The zero-order valence-electron chi connectivity index (χ0n) is 11.9. The lowest BCUT2D eigenvalue weighted by atomic mass is 9.85. The first-order chi connectivity index (χ1) is 10.6. The third kappa shape index (κ3) is 3.47. The van der Waals surface area contributed by atoms with Crippen LogP contribution in [0, 0.1) is 5.92 Å². The van der Waals surface area contributed by atoms with Gasteiger partial charge >= 0.3 is 0 Å². The van der Waals surface area contributed by atoms with Crippen LogP contribution in [0.4, 0.5) is 0 Å². The van der Waals surface area contributed by atoms with Crippen LogP contribution in [0.3, 0.4) is 0 Å². The molecule has 0 unspecified atom stereocenters. The molecule has 22 heavy (non-hydrogen) atoms. The van der Waals surface area contributed by atoms with Gasteiger partial charge in [0.15, 0.2) is 5.15 Å². The van der Waals surface area contributed by atoms with Crippen LogP contribution in [-0.4, -0.2) is 15.9 Å². The van der Waals surface area contributed by atoms with Crippen LogP contribution >= 0.6 is 27.5 Å². The highest BCUT2D eigenvalue weighted by atomic mass is 79.9. The van der Waals surface area contributed by atoms with Gasteiger partial charge in [0.05, 0.1) is 24.1 Å². The molecule has 1 fully saturated rings. The van der Waals surface area contributed by atoms with Gasteiger partial charge in [0.25, 0.3) is 0 Å². The first kappa shape index (κ1) is 15.4. The van der Waals surface area contributed by atoms with Gasteiger partial charge in [-0.05, 0) is 25.0 Å². The maximum atomic E-state index is 11.8. The molecule has 1 heterocycles. The summed E-state index contributed by atoms with van der Waals surface area (Å²) in [6.07, 6.45) is 4.78. The number of hydrogen-bond donors (Lipinski definition) is 1. The molecule has 114 valence electrons. The molecule has 0 saturated heterocycles. The number of nitrogens with one attached hydrogen (secondary N) is 1. The highest BCUT2D eigenvalue weighted by Crippen LogP contribution is 2.26. The Morgan fingerprint density at radius 1 is 1.41 bits per heavy atom. The highest BCUT2D eigenvalue weighted by molar-refractivity contribution is 9.10. The predicted molar refractivity (Wildman–Crippen MR) is 89.4 cm³/mol. The lowest BCUT2D eigenvalue weighted by Gasteiger charge is -2.23. The molecule has 1 aromatic heterocycles. The SMILES string of the molecule is O=C(NCc1ncc(-c2cccc(Br)c2)nc1Cl)C1CCC1. The van der Waals surface area contributed by atoms with Crippen LogP contribution in [0.2, 0.25) is 5.15 Å². The number of rotatable bonds is 4. The predicted octanol–water partition coefficient (Wildman–Crippen LogP) is 3.98. The van der Waals surface area contributed by atoms with E-state index in [2.05, 4.69) is 31.2 Å². The van der Waals surface area contributed by atoms with Crippen LogP contribution in [0.15, 0.2) is 34.9 Å². The highest BCUT2D eigenvalue weighted by Gasteiger charge is 2.25. The van der Waals surface area contributed by atoms with Crippen LogP contribution in [0.25, 0.3) is 11.3 Å². The maximum Gasteiger partial charge on any atom is 0.223 e. The monoisotopic (exact) mass is 379 g/mol. The van der Waals surface area contributed by atoms with E-state index < -0.39 is 0 Å². The summed E-state index contributed by atoms with van der Waals surface area (Å²) in [6, 6.07) is 7.78. The number of carbonyl (C=O) groups is 1. The summed E-state index contributed by atoms with van der Waals surface area (Å²) in [6.45, 7) is 0.319. The molecular weight excluding hydrogens is 366 g/mol. The second kappa shape index (κ2) is 6.75. The van der Waals surface area contributed by atoms with Gasteiger partial charge in [-0.25, -0.2) is 4.98 Å². The van der Waals surface area contributed by atoms with E-state index in [0.29, 0.717) is 23.1 Å². The van der Waals surface area contributed by atoms with Crippen molar-refractivity contribution in [1.82, 2.24) is 15.3 Å². The van der Waals surface area contributed by atoms with Gasteiger partial charge in [0.1, 0.15) is 0 Å². The summed E-state index contributed by atoms with van der Waals surface area (Å²) in [5.74, 6) is 0.243. The molecule has 1 N–H and O–H groups in total. The van der Waals surface area contributed by atoms with Gasteiger partial charge in [0.2, 0.25) is 5.91 Å². The van der Waals surface area contributed by atoms with Crippen LogP contribution in [-0.2, 0) is 11.3 Å². The molecule has 0 spiro atoms. The summed E-state index contributed by atoms with van der Waals surface area (Å²) in [5.41, 5.74) is 2.24. The minimum absolute atomic E-state index is 0.0835. The van der Waals surface area contributed by atoms with Crippen LogP contribution < -0.4 is 5.32 Å². The van der Waals surface area contributed by atoms with Crippen LogP contribution in [0.5, 0.6) is 0 Å². The molecule has 6 heteroatoms. The average molecular weight is 381 g/mol. The zero-order valence-corrected chi connectivity index (χ0v) is 14.2. The molecule has 0 aliphatic heterocycles. The lowest BCUT2D eigenvalue weighted by Crippen LogP contribution is -2.34. The molecule has 0 radical (unpaired) electrons. The summed E-state index contributed by atoms with van der Waals surface area (Å²) < 4.78 is 0.972. The number of aromatic nitrogens is 2. The van der Waals surface area contributed by atoms with E-state index in [9.17, 15) is 4.79 Å². The summed E-state index contributed by atoms with van der Waals surface area (Å²) in [7, 11) is 0. The molecule has 0 atom stereocenters. The van der Waals surface area contributed by atoms with Gasteiger partial charge in [-0.1, -0.05) is 46.1 Å². The molecule has 1 saturated carbocycles. The second-order valence-electron chi connectivity index (χ2n) is 5.35. The number of amides is 1. The Labute approximate surface area is 142 Å². The van der Waals surface area contributed by atoms with Gasteiger partial charge in [-0.3, -0.25) is 9.78 Å². The van der Waals surface area contributed by atoms with Gasteiger partial charge in [0, 0.05) is 16.0 Å². The minimum atomic E-state index is 0.0835. The Kier molecular flexibility index (Phi) is 4.74. The molecule has 0 bridgehead atoms. The molecule has 1 aliphatic carbocycles. The summed E-state index contributed by atoms with van der Waals surface area (Å²) >= 11 is 9.62. The van der Waals surface area contributed by atoms with E-state index in [0.717, 1.165) is 29.3 Å². The number of halogens is 2. The number of benzene rings is 1. The van der Waals surface area contributed by atoms with Crippen molar-refractivity contribution >= 4 is 33.4 Å². The van der Waals surface area contributed by atoms with Crippen LogP contribution in [0.1, 0.15) is 25.0 Å². The van der Waals surface area contributed by atoms with E-state index >= 15 is 0 Å². The molecule has 2 aromatic rings. The van der Waals surface area contributed by atoms with E-state index in [1.165, 1.54) is 0 Å². The molecule has 3 rings (SSSR count). The van der Waals surface area contributed by atoms with Crippen molar-refractivity contribution in [1.29, 1.82) is 0 Å². The van der Waals surface area contributed by atoms with E-state index in [4.69, 9.17) is 11.6 Å². The van der Waals surface area contributed by atoms with E-state index in [1.54, 1.807) is 6.20 Å².